The second-order valence-corrected chi connectivity index (χ2v) is 7.31. The maximum absolute atomic E-state index is 12.6. The molecule has 0 aliphatic heterocycles. The zero-order chi connectivity index (χ0) is 21.5. The molecule has 3 rings (SSSR count). The summed E-state index contributed by atoms with van der Waals surface area (Å²) in [6.07, 6.45) is 0. The number of thiocarbonyl (C=S) groups is 1. The SMILES string of the molecule is COc1cccc(OC)c1C(=O)NC(=S)Nc1ccc(NC(=O)c2cccs2)cc1. The van der Waals surface area contributed by atoms with Gasteiger partial charge in [0.15, 0.2) is 5.11 Å². The number of amides is 2. The molecule has 0 aliphatic rings. The molecular formula is C21H19N3O4S2. The molecule has 0 saturated heterocycles. The van der Waals surface area contributed by atoms with E-state index in [9.17, 15) is 9.59 Å². The quantitative estimate of drug-likeness (QED) is 0.498. The molecule has 3 N–H and O–H groups in total. The average Bonchev–Trinajstić information content (AvgIpc) is 3.29. The number of thiophene rings is 1. The molecular weight excluding hydrogens is 422 g/mol. The van der Waals surface area contributed by atoms with Gasteiger partial charge in [-0.15, -0.1) is 11.3 Å². The Morgan fingerprint density at radius 3 is 1.97 bits per heavy atom. The van der Waals surface area contributed by atoms with Crippen LogP contribution in [-0.2, 0) is 0 Å². The zero-order valence-corrected chi connectivity index (χ0v) is 17.9. The summed E-state index contributed by atoms with van der Waals surface area (Å²) in [4.78, 5) is 25.4. The van der Waals surface area contributed by atoms with Crippen LogP contribution in [0.4, 0.5) is 11.4 Å². The molecule has 9 heteroatoms. The molecule has 0 fully saturated rings. The monoisotopic (exact) mass is 441 g/mol. The minimum Gasteiger partial charge on any atom is -0.496 e. The molecule has 7 nitrogen and oxygen atoms in total. The van der Waals surface area contributed by atoms with E-state index in [1.807, 2.05) is 11.4 Å². The molecule has 1 heterocycles. The minimum atomic E-state index is -0.457. The van der Waals surface area contributed by atoms with Crippen molar-refractivity contribution in [2.45, 2.75) is 0 Å². The lowest BCUT2D eigenvalue weighted by atomic mass is 10.1. The van der Waals surface area contributed by atoms with Crippen LogP contribution in [0.15, 0.2) is 60.0 Å². The van der Waals surface area contributed by atoms with Gasteiger partial charge < -0.3 is 20.1 Å². The first-order chi connectivity index (χ1) is 14.5. The van der Waals surface area contributed by atoms with Crippen LogP contribution >= 0.6 is 23.6 Å². The minimum absolute atomic E-state index is 0.114. The number of benzene rings is 2. The standard InChI is InChI=1S/C21H19N3O4S2/c1-27-15-5-3-6-16(28-2)18(15)20(26)24-21(29)23-14-10-8-13(9-11-14)22-19(25)17-7-4-12-30-17/h3-12H,1-2H3,(H,22,25)(H2,23,24,26,29). The molecule has 0 bridgehead atoms. The lowest BCUT2D eigenvalue weighted by Gasteiger charge is -2.14. The van der Waals surface area contributed by atoms with Crippen LogP contribution in [0.5, 0.6) is 11.5 Å². The van der Waals surface area contributed by atoms with E-state index >= 15 is 0 Å². The summed E-state index contributed by atoms with van der Waals surface area (Å²) in [6.45, 7) is 0. The summed E-state index contributed by atoms with van der Waals surface area (Å²) in [5.41, 5.74) is 1.55. The lowest BCUT2D eigenvalue weighted by Crippen LogP contribution is -2.34. The number of nitrogens with one attached hydrogen (secondary N) is 3. The summed E-state index contributed by atoms with van der Waals surface area (Å²) in [7, 11) is 2.95. The maximum Gasteiger partial charge on any atom is 0.265 e. The number of hydrogen-bond donors (Lipinski definition) is 3. The fourth-order valence-corrected chi connectivity index (χ4v) is 3.47. The van der Waals surface area contributed by atoms with E-state index in [-0.39, 0.29) is 16.6 Å². The van der Waals surface area contributed by atoms with E-state index in [0.29, 0.717) is 27.8 Å². The van der Waals surface area contributed by atoms with E-state index in [1.165, 1.54) is 25.6 Å². The summed E-state index contributed by atoms with van der Waals surface area (Å²) in [5.74, 6) is 0.127. The van der Waals surface area contributed by atoms with E-state index < -0.39 is 5.91 Å². The molecule has 2 amide bonds. The third-order valence-electron chi connectivity index (χ3n) is 4.03. The van der Waals surface area contributed by atoms with E-state index in [0.717, 1.165) is 0 Å². The Kier molecular flexibility index (Phi) is 6.99. The van der Waals surface area contributed by atoms with Gasteiger partial charge in [0, 0.05) is 11.4 Å². The van der Waals surface area contributed by atoms with Crippen molar-refractivity contribution < 1.29 is 19.1 Å². The van der Waals surface area contributed by atoms with Gasteiger partial charge in [-0.2, -0.15) is 0 Å². The first-order valence-electron chi connectivity index (χ1n) is 8.80. The van der Waals surface area contributed by atoms with Crippen LogP contribution < -0.4 is 25.4 Å². The van der Waals surface area contributed by atoms with Gasteiger partial charge in [0.1, 0.15) is 17.1 Å². The number of ether oxygens (including phenoxy) is 2. The second kappa shape index (κ2) is 9.86. The highest BCUT2D eigenvalue weighted by Gasteiger charge is 2.19. The van der Waals surface area contributed by atoms with Crippen LogP contribution in [-0.4, -0.2) is 31.1 Å². The number of rotatable bonds is 6. The van der Waals surface area contributed by atoms with Gasteiger partial charge in [0.05, 0.1) is 19.1 Å². The summed E-state index contributed by atoms with van der Waals surface area (Å²) in [5, 5.41) is 10.3. The Morgan fingerprint density at radius 1 is 0.833 bits per heavy atom. The highest BCUT2D eigenvalue weighted by Crippen LogP contribution is 2.28. The van der Waals surface area contributed by atoms with Gasteiger partial charge in [-0.05, 0) is 60.1 Å². The normalized spacial score (nSPS) is 10.1. The van der Waals surface area contributed by atoms with E-state index in [2.05, 4.69) is 16.0 Å². The molecule has 0 spiro atoms. The van der Waals surface area contributed by atoms with Crippen molar-refractivity contribution in [1.29, 1.82) is 0 Å². The summed E-state index contributed by atoms with van der Waals surface area (Å²) >= 11 is 6.61. The average molecular weight is 442 g/mol. The Labute approximate surface area is 183 Å². The molecule has 0 aliphatic carbocycles. The Hall–Kier alpha value is -3.43. The van der Waals surface area contributed by atoms with E-state index in [1.54, 1.807) is 48.5 Å². The first kappa shape index (κ1) is 21.3. The topological polar surface area (TPSA) is 88.7 Å². The number of methoxy groups -OCH3 is 2. The van der Waals surface area contributed by atoms with Crippen molar-refractivity contribution in [2.24, 2.45) is 0 Å². The van der Waals surface area contributed by atoms with Crippen LogP contribution in [0.3, 0.4) is 0 Å². The number of anilines is 2. The molecule has 0 unspecified atom stereocenters. The fourth-order valence-electron chi connectivity index (χ4n) is 2.64. The molecule has 1 aromatic heterocycles. The molecule has 0 atom stereocenters. The van der Waals surface area contributed by atoms with Gasteiger partial charge in [-0.25, -0.2) is 0 Å². The summed E-state index contributed by atoms with van der Waals surface area (Å²) in [6, 6.07) is 15.6. The Bertz CT molecular complexity index is 1030. The highest BCUT2D eigenvalue weighted by molar-refractivity contribution is 7.80. The van der Waals surface area contributed by atoms with E-state index in [4.69, 9.17) is 21.7 Å². The van der Waals surface area contributed by atoms with Crippen LogP contribution in [0.2, 0.25) is 0 Å². The van der Waals surface area contributed by atoms with Gasteiger partial charge in [-0.1, -0.05) is 12.1 Å². The highest BCUT2D eigenvalue weighted by atomic mass is 32.1. The third-order valence-corrected chi connectivity index (χ3v) is 5.10. The van der Waals surface area contributed by atoms with Gasteiger partial charge >= 0.3 is 0 Å². The van der Waals surface area contributed by atoms with Crippen LogP contribution in [0, 0.1) is 0 Å². The van der Waals surface area contributed by atoms with Crippen molar-refractivity contribution in [3.05, 3.63) is 70.4 Å². The van der Waals surface area contributed by atoms with Crippen molar-refractivity contribution in [2.75, 3.05) is 24.9 Å². The lowest BCUT2D eigenvalue weighted by molar-refractivity contribution is 0.0970. The van der Waals surface area contributed by atoms with Gasteiger partial charge in [-0.3, -0.25) is 14.9 Å². The maximum atomic E-state index is 12.6. The van der Waals surface area contributed by atoms with Gasteiger partial charge in [0.25, 0.3) is 11.8 Å². The van der Waals surface area contributed by atoms with Gasteiger partial charge in [0.2, 0.25) is 0 Å². The summed E-state index contributed by atoms with van der Waals surface area (Å²) < 4.78 is 10.5. The predicted molar refractivity (Wildman–Crippen MR) is 122 cm³/mol. The van der Waals surface area contributed by atoms with Crippen molar-refractivity contribution in [3.63, 3.8) is 0 Å². The first-order valence-corrected chi connectivity index (χ1v) is 10.1. The molecule has 30 heavy (non-hydrogen) atoms. The molecule has 0 radical (unpaired) electrons. The smallest absolute Gasteiger partial charge is 0.265 e. The zero-order valence-electron chi connectivity index (χ0n) is 16.2. The predicted octanol–water partition coefficient (Wildman–Crippen LogP) is 4.14. The van der Waals surface area contributed by atoms with Crippen molar-refractivity contribution in [1.82, 2.24) is 5.32 Å². The molecule has 3 aromatic rings. The second-order valence-electron chi connectivity index (χ2n) is 5.95. The van der Waals surface area contributed by atoms with Crippen molar-refractivity contribution in [3.8, 4) is 11.5 Å². The molecule has 2 aromatic carbocycles. The van der Waals surface area contributed by atoms with Crippen LogP contribution in [0.25, 0.3) is 0 Å². The third kappa shape index (κ3) is 5.13. The number of hydrogen-bond acceptors (Lipinski definition) is 6. The largest absolute Gasteiger partial charge is 0.496 e. The van der Waals surface area contributed by atoms with Crippen LogP contribution in [0.1, 0.15) is 20.0 Å². The number of carbonyl (C=O) groups is 2. The Balaban J connectivity index is 1.61. The van der Waals surface area contributed by atoms with Crippen molar-refractivity contribution >= 4 is 51.9 Å². The number of carbonyl (C=O) groups excluding carboxylic acids is 2. The fraction of sp³-hybridized carbons (Fsp3) is 0.0952. The molecule has 0 saturated carbocycles. The Morgan fingerprint density at radius 2 is 1.43 bits per heavy atom. The molecule has 154 valence electrons.